The van der Waals surface area contributed by atoms with Crippen LogP contribution in [-0.4, -0.2) is 93.9 Å². The molecule has 0 N–H and O–H groups in total. The van der Waals surface area contributed by atoms with Gasteiger partial charge in [0.1, 0.15) is 0 Å². The van der Waals surface area contributed by atoms with Gasteiger partial charge in [-0.3, -0.25) is 14.4 Å². The molecular formula is C27H43N7S. The molecule has 8 heteroatoms. The molecule has 4 aliphatic rings. The number of piperazine rings is 1. The number of hydrogen-bond acceptors (Lipinski definition) is 7. The second kappa shape index (κ2) is 11.3. The average molecular weight is 498 g/mol. The number of nitrogens with zero attached hydrogens (tertiary/aromatic N) is 7. The van der Waals surface area contributed by atoms with E-state index in [4.69, 9.17) is 0 Å². The first-order valence-electron chi connectivity index (χ1n) is 14.3. The Kier molecular flexibility index (Phi) is 7.70. The molecule has 3 aliphatic heterocycles. The highest BCUT2D eigenvalue weighted by molar-refractivity contribution is 7.17. The zero-order chi connectivity index (χ0) is 23.5. The van der Waals surface area contributed by atoms with Gasteiger partial charge in [-0.15, -0.1) is 10.2 Å². The molecule has 6 rings (SSSR count). The highest BCUT2D eigenvalue weighted by Gasteiger charge is 2.28. The van der Waals surface area contributed by atoms with Gasteiger partial charge in [-0.25, -0.2) is 0 Å². The Labute approximate surface area is 215 Å². The summed E-state index contributed by atoms with van der Waals surface area (Å²) in [5.41, 5.74) is 1.34. The van der Waals surface area contributed by atoms with Gasteiger partial charge in [-0.1, -0.05) is 37.0 Å². The maximum atomic E-state index is 4.62. The fourth-order valence-corrected chi connectivity index (χ4v) is 7.76. The standard InChI is InChI=1S/C27H43N7S/c1-3-8-23(9-4-1)32-18-20-33(21-19-32)26-28-29-27(35-26)34-15-7-10-25(34)22-30-16-11-24(12-17-30)31-13-5-2-6-14-31/h7,10,15,23-24H,1-6,8-9,11-14,16-22H2. The molecule has 0 unspecified atom stereocenters. The molecule has 0 aromatic carbocycles. The van der Waals surface area contributed by atoms with Crippen LogP contribution in [0.1, 0.15) is 69.9 Å². The second-order valence-corrected chi connectivity index (χ2v) is 12.1. The summed E-state index contributed by atoms with van der Waals surface area (Å²) < 4.78 is 2.27. The molecule has 0 radical (unpaired) electrons. The SMILES string of the molecule is c1cc(CN2CCC(N3CCCCC3)CC2)n(-c2nnc(N3CCN(C4CCCCC4)CC3)s2)c1. The molecule has 5 heterocycles. The van der Waals surface area contributed by atoms with Gasteiger partial charge < -0.3 is 9.80 Å². The zero-order valence-electron chi connectivity index (χ0n) is 21.4. The summed E-state index contributed by atoms with van der Waals surface area (Å²) in [5.74, 6) is 0. The molecule has 2 aromatic rings. The van der Waals surface area contributed by atoms with E-state index in [1.54, 1.807) is 11.3 Å². The first kappa shape index (κ1) is 23.9. The Morgan fingerprint density at radius 3 is 2.11 bits per heavy atom. The van der Waals surface area contributed by atoms with Crippen LogP contribution in [-0.2, 0) is 6.54 Å². The third kappa shape index (κ3) is 5.60. The van der Waals surface area contributed by atoms with Crippen molar-refractivity contribution in [2.75, 3.05) is 57.3 Å². The van der Waals surface area contributed by atoms with Crippen molar-refractivity contribution in [1.29, 1.82) is 0 Å². The molecule has 0 atom stereocenters. The van der Waals surface area contributed by atoms with Crippen molar-refractivity contribution >= 4 is 16.5 Å². The van der Waals surface area contributed by atoms with Gasteiger partial charge in [-0.2, -0.15) is 0 Å². The summed E-state index contributed by atoms with van der Waals surface area (Å²) in [6, 6.07) is 6.06. The van der Waals surface area contributed by atoms with Crippen molar-refractivity contribution in [2.24, 2.45) is 0 Å². The summed E-state index contributed by atoms with van der Waals surface area (Å²) in [6.07, 6.45) is 16.1. The molecule has 2 aromatic heterocycles. The minimum Gasteiger partial charge on any atom is -0.344 e. The van der Waals surface area contributed by atoms with Crippen LogP contribution >= 0.6 is 11.3 Å². The minimum atomic E-state index is 0.808. The molecule has 3 saturated heterocycles. The summed E-state index contributed by atoms with van der Waals surface area (Å²) in [7, 11) is 0. The largest absolute Gasteiger partial charge is 0.344 e. The average Bonchev–Trinajstić information content (AvgIpc) is 3.60. The predicted molar refractivity (Wildman–Crippen MR) is 144 cm³/mol. The van der Waals surface area contributed by atoms with Gasteiger partial charge in [0.25, 0.3) is 0 Å². The third-order valence-electron chi connectivity index (χ3n) is 8.97. The maximum Gasteiger partial charge on any atom is 0.218 e. The number of rotatable bonds is 6. The molecule has 192 valence electrons. The number of piperidine rings is 2. The first-order valence-corrected chi connectivity index (χ1v) is 15.1. The Morgan fingerprint density at radius 2 is 1.34 bits per heavy atom. The van der Waals surface area contributed by atoms with Gasteiger partial charge in [0.05, 0.1) is 0 Å². The van der Waals surface area contributed by atoms with E-state index < -0.39 is 0 Å². The zero-order valence-corrected chi connectivity index (χ0v) is 22.2. The topological polar surface area (TPSA) is 43.7 Å². The number of aromatic nitrogens is 3. The van der Waals surface area contributed by atoms with Crippen LogP contribution in [0, 0.1) is 0 Å². The lowest BCUT2D eigenvalue weighted by atomic mass is 9.94. The lowest BCUT2D eigenvalue weighted by Gasteiger charge is -2.40. The van der Waals surface area contributed by atoms with E-state index in [-0.39, 0.29) is 0 Å². The number of likely N-dealkylation sites (tertiary alicyclic amines) is 2. The van der Waals surface area contributed by atoms with Crippen LogP contribution in [0.25, 0.3) is 5.13 Å². The molecule has 35 heavy (non-hydrogen) atoms. The number of anilines is 1. The van der Waals surface area contributed by atoms with Crippen molar-refractivity contribution in [3.63, 3.8) is 0 Å². The first-order chi connectivity index (χ1) is 17.3. The van der Waals surface area contributed by atoms with Crippen LogP contribution in [0.2, 0.25) is 0 Å². The van der Waals surface area contributed by atoms with Crippen molar-refractivity contribution in [3.05, 3.63) is 24.0 Å². The Morgan fingerprint density at radius 1 is 0.686 bits per heavy atom. The highest BCUT2D eigenvalue weighted by atomic mass is 32.1. The van der Waals surface area contributed by atoms with Gasteiger partial charge in [-0.05, 0) is 63.7 Å². The second-order valence-electron chi connectivity index (χ2n) is 11.2. The molecule has 1 saturated carbocycles. The molecule has 0 bridgehead atoms. The summed E-state index contributed by atoms with van der Waals surface area (Å²) >= 11 is 1.75. The molecule has 0 amide bonds. The van der Waals surface area contributed by atoms with Crippen LogP contribution in [0.15, 0.2) is 18.3 Å². The molecular weight excluding hydrogens is 454 g/mol. The van der Waals surface area contributed by atoms with E-state index in [1.807, 2.05) is 0 Å². The molecule has 7 nitrogen and oxygen atoms in total. The maximum absolute atomic E-state index is 4.62. The fraction of sp³-hybridized carbons (Fsp3) is 0.778. The fourth-order valence-electron chi connectivity index (χ4n) is 6.84. The minimum absolute atomic E-state index is 0.808. The van der Waals surface area contributed by atoms with E-state index in [0.717, 1.165) is 42.0 Å². The number of hydrogen-bond donors (Lipinski definition) is 0. The van der Waals surface area contributed by atoms with Gasteiger partial charge in [0.15, 0.2) is 0 Å². The molecule has 1 aliphatic carbocycles. The monoisotopic (exact) mass is 497 g/mol. The van der Waals surface area contributed by atoms with Crippen LogP contribution in [0.4, 0.5) is 5.13 Å². The van der Waals surface area contributed by atoms with Gasteiger partial charge in [0.2, 0.25) is 10.3 Å². The quantitative estimate of drug-likeness (QED) is 0.595. The van der Waals surface area contributed by atoms with Crippen LogP contribution in [0.3, 0.4) is 0 Å². The van der Waals surface area contributed by atoms with Gasteiger partial charge in [0, 0.05) is 69.8 Å². The smallest absolute Gasteiger partial charge is 0.218 e. The van der Waals surface area contributed by atoms with E-state index in [1.165, 1.54) is 109 Å². The predicted octanol–water partition coefficient (Wildman–Crippen LogP) is 4.23. The van der Waals surface area contributed by atoms with E-state index in [2.05, 4.69) is 52.7 Å². The highest BCUT2D eigenvalue weighted by Crippen LogP contribution is 2.29. The Balaban J connectivity index is 1.03. The van der Waals surface area contributed by atoms with Crippen molar-refractivity contribution in [3.8, 4) is 5.13 Å². The summed E-state index contributed by atoms with van der Waals surface area (Å²) in [6.45, 7) is 10.6. The summed E-state index contributed by atoms with van der Waals surface area (Å²) in [5, 5.41) is 11.3. The summed E-state index contributed by atoms with van der Waals surface area (Å²) in [4.78, 5) is 10.6. The van der Waals surface area contributed by atoms with E-state index in [9.17, 15) is 0 Å². The van der Waals surface area contributed by atoms with Crippen molar-refractivity contribution < 1.29 is 0 Å². The lowest BCUT2D eigenvalue weighted by Crippen LogP contribution is -2.50. The van der Waals surface area contributed by atoms with E-state index >= 15 is 0 Å². The normalized spacial score (nSPS) is 24.9. The third-order valence-corrected chi connectivity index (χ3v) is 9.95. The lowest BCUT2D eigenvalue weighted by molar-refractivity contribution is 0.0889. The molecule has 0 spiro atoms. The van der Waals surface area contributed by atoms with Crippen LogP contribution in [0.5, 0.6) is 0 Å². The van der Waals surface area contributed by atoms with Crippen molar-refractivity contribution in [1.82, 2.24) is 29.5 Å². The van der Waals surface area contributed by atoms with Crippen LogP contribution < -0.4 is 4.90 Å². The van der Waals surface area contributed by atoms with Gasteiger partial charge >= 0.3 is 0 Å². The Hall–Kier alpha value is -1.48. The molecule has 4 fully saturated rings. The van der Waals surface area contributed by atoms with Crippen molar-refractivity contribution in [2.45, 2.75) is 82.8 Å². The Bertz CT molecular complexity index is 914. The van der Waals surface area contributed by atoms with E-state index in [0.29, 0.717) is 0 Å².